The SMILES string of the molecule is COc1ccc(NC(=O)CN2C(=O)C(C)Oc3ccc(-c4csc(Cc5ccccc5)n4)cc32)cc1. The van der Waals surface area contributed by atoms with Crippen molar-refractivity contribution < 1.29 is 19.1 Å². The van der Waals surface area contributed by atoms with Crippen LogP contribution in [0.5, 0.6) is 11.5 Å². The number of fused-ring (bicyclic) bond motifs is 1. The second-order valence-corrected chi connectivity index (χ2v) is 9.38. The summed E-state index contributed by atoms with van der Waals surface area (Å²) in [7, 11) is 1.58. The minimum Gasteiger partial charge on any atom is -0.497 e. The lowest BCUT2D eigenvalue weighted by Crippen LogP contribution is -2.47. The predicted octanol–water partition coefficient (Wildman–Crippen LogP) is 5.16. The molecule has 182 valence electrons. The van der Waals surface area contributed by atoms with Crippen LogP contribution in [0.15, 0.2) is 78.2 Å². The molecule has 0 fully saturated rings. The van der Waals surface area contributed by atoms with E-state index >= 15 is 0 Å². The Morgan fingerprint density at radius 2 is 1.89 bits per heavy atom. The summed E-state index contributed by atoms with van der Waals surface area (Å²) in [5.74, 6) is 0.675. The molecular formula is C28H25N3O4S. The number of nitrogens with one attached hydrogen (secondary N) is 1. The highest BCUT2D eigenvalue weighted by atomic mass is 32.1. The topological polar surface area (TPSA) is 80.8 Å². The summed E-state index contributed by atoms with van der Waals surface area (Å²) in [6.07, 6.45) is 0.0709. The number of hydrogen-bond donors (Lipinski definition) is 1. The van der Waals surface area contributed by atoms with Crippen LogP contribution < -0.4 is 19.7 Å². The Morgan fingerprint density at radius 3 is 2.64 bits per heavy atom. The van der Waals surface area contributed by atoms with Gasteiger partial charge in [-0.25, -0.2) is 4.98 Å². The maximum Gasteiger partial charge on any atom is 0.268 e. The number of ether oxygens (including phenoxy) is 2. The summed E-state index contributed by atoms with van der Waals surface area (Å²) in [6, 6.07) is 22.9. The average Bonchev–Trinajstić information content (AvgIpc) is 3.36. The number of carbonyl (C=O) groups excluding carboxylic acids is 2. The van der Waals surface area contributed by atoms with Crippen LogP contribution >= 0.6 is 11.3 Å². The fraction of sp³-hybridized carbons (Fsp3) is 0.179. The van der Waals surface area contributed by atoms with E-state index in [9.17, 15) is 9.59 Å². The van der Waals surface area contributed by atoms with Gasteiger partial charge < -0.3 is 14.8 Å². The summed E-state index contributed by atoms with van der Waals surface area (Å²) >= 11 is 1.60. The Balaban J connectivity index is 1.37. The third kappa shape index (κ3) is 5.08. The molecule has 0 bridgehead atoms. The van der Waals surface area contributed by atoms with E-state index in [1.54, 1.807) is 49.6 Å². The van der Waals surface area contributed by atoms with Crippen molar-refractivity contribution in [2.45, 2.75) is 19.4 Å². The lowest BCUT2D eigenvalue weighted by Gasteiger charge is -2.32. The monoisotopic (exact) mass is 499 g/mol. The Hall–Kier alpha value is -4.17. The molecular weight excluding hydrogens is 474 g/mol. The highest BCUT2D eigenvalue weighted by molar-refractivity contribution is 7.10. The van der Waals surface area contributed by atoms with E-state index in [1.165, 1.54) is 10.5 Å². The van der Waals surface area contributed by atoms with Crippen molar-refractivity contribution in [3.05, 3.63) is 88.7 Å². The number of nitrogens with zero attached hydrogens (tertiary/aromatic N) is 2. The minimum absolute atomic E-state index is 0.134. The summed E-state index contributed by atoms with van der Waals surface area (Å²) < 4.78 is 11.0. The minimum atomic E-state index is -0.686. The number of thiazole rings is 1. The van der Waals surface area contributed by atoms with E-state index in [4.69, 9.17) is 14.5 Å². The molecule has 1 aliphatic rings. The highest BCUT2D eigenvalue weighted by Crippen LogP contribution is 2.38. The maximum absolute atomic E-state index is 13.0. The van der Waals surface area contributed by atoms with Crippen LogP contribution in [0.4, 0.5) is 11.4 Å². The molecule has 7 nitrogen and oxygen atoms in total. The van der Waals surface area contributed by atoms with Crippen molar-refractivity contribution in [1.82, 2.24) is 4.98 Å². The van der Waals surface area contributed by atoms with E-state index in [0.29, 0.717) is 22.9 Å². The summed E-state index contributed by atoms with van der Waals surface area (Å²) in [4.78, 5) is 32.1. The summed E-state index contributed by atoms with van der Waals surface area (Å²) in [6.45, 7) is 1.55. The maximum atomic E-state index is 13.0. The van der Waals surface area contributed by atoms with Crippen LogP contribution in [0.2, 0.25) is 0 Å². The van der Waals surface area contributed by atoms with Crippen molar-refractivity contribution in [1.29, 1.82) is 0 Å². The molecule has 4 aromatic rings. The first-order valence-electron chi connectivity index (χ1n) is 11.5. The quantitative estimate of drug-likeness (QED) is 0.380. The first-order valence-corrected chi connectivity index (χ1v) is 12.4. The fourth-order valence-electron chi connectivity index (χ4n) is 4.04. The molecule has 1 aromatic heterocycles. The lowest BCUT2D eigenvalue weighted by atomic mass is 10.1. The molecule has 2 heterocycles. The van der Waals surface area contributed by atoms with Crippen molar-refractivity contribution in [3.63, 3.8) is 0 Å². The van der Waals surface area contributed by atoms with Gasteiger partial charge in [0.15, 0.2) is 6.10 Å². The van der Waals surface area contributed by atoms with Gasteiger partial charge in [-0.05, 0) is 55.0 Å². The zero-order valence-electron chi connectivity index (χ0n) is 19.9. The molecule has 8 heteroatoms. The average molecular weight is 500 g/mol. The summed E-state index contributed by atoms with van der Waals surface area (Å²) in [5, 5.41) is 5.85. The van der Waals surface area contributed by atoms with Gasteiger partial charge in [0.25, 0.3) is 5.91 Å². The van der Waals surface area contributed by atoms with Crippen molar-refractivity contribution >= 4 is 34.5 Å². The number of rotatable bonds is 7. The van der Waals surface area contributed by atoms with E-state index in [0.717, 1.165) is 22.7 Å². The van der Waals surface area contributed by atoms with Gasteiger partial charge in [-0.1, -0.05) is 30.3 Å². The smallest absolute Gasteiger partial charge is 0.268 e. The molecule has 36 heavy (non-hydrogen) atoms. The largest absolute Gasteiger partial charge is 0.497 e. The normalized spacial score (nSPS) is 14.7. The van der Waals surface area contributed by atoms with Gasteiger partial charge in [-0.2, -0.15) is 0 Å². The third-order valence-corrected chi connectivity index (χ3v) is 6.74. The van der Waals surface area contributed by atoms with Gasteiger partial charge in [0.05, 0.1) is 23.5 Å². The molecule has 5 rings (SSSR count). The number of methoxy groups -OCH3 is 1. The number of aromatic nitrogens is 1. The number of anilines is 2. The highest BCUT2D eigenvalue weighted by Gasteiger charge is 2.33. The molecule has 2 amide bonds. The molecule has 0 radical (unpaired) electrons. The van der Waals surface area contributed by atoms with Crippen LogP contribution in [-0.2, 0) is 16.0 Å². The molecule has 1 unspecified atom stereocenters. The van der Waals surface area contributed by atoms with E-state index in [-0.39, 0.29) is 18.4 Å². The Morgan fingerprint density at radius 1 is 1.11 bits per heavy atom. The molecule has 1 N–H and O–H groups in total. The Bertz CT molecular complexity index is 1390. The zero-order valence-corrected chi connectivity index (χ0v) is 20.7. The van der Waals surface area contributed by atoms with Gasteiger partial charge in [-0.3, -0.25) is 14.5 Å². The number of benzene rings is 3. The third-order valence-electron chi connectivity index (χ3n) is 5.89. The van der Waals surface area contributed by atoms with E-state index < -0.39 is 6.10 Å². The Labute approximate surface area is 213 Å². The van der Waals surface area contributed by atoms with Crippen molar-refractivity contribution in [2.24, 2.45) is 0 Å². The zero-order chi connectivity index (χ0) is 25.1. The Kier molecular flexibility index (Phi) is 6.69. The van der Waals surface area contributed by atoms with Crippen molar-refractivity contribution in [2.75, 3.05) is 23.9 Å². The molecule has 0 spiro atoms. The molecule has 0 saturated heterocycles. The first kappa shape index (κ1) is 23.6. The number of hydrogen-bond acceptors (Lipinski definition) is 6. The second-order valence-electron chi connectivity index (χ2n) is 8.43. The van der Waals surface area contributed by atoms with Gasteiger partial charge in [0, 0.05) is 23.1 Å². The van der Waals surface area contributed by atoms with Crippen LogP contribution in [0.1, 0.15) is 17.5 Å². The van der Waals surface area contributed by atoms with Gasteiger partial charge in [0.2, 0.25) is 5.91 Å². The first-order chi connectivity index (χ1) is 17.5. The summed E-state index contributed by atoms with van der Waals surface area (Å²) in [5.41, 5.74) is 4.05. The van der Waals surface area contributed by atoms with Crippen LogP contribution in [0.3, 0.4) is 0 Å². The van der Waals surface area contributed by atoms with Crippen molar-refractivity contribution in [3.8, 4) is 22.8 Å². The van der Waals surface area contributed by atoms with E-state index in [2.05, 4.69) is 17.4 Å². The van der Waals surface area contributed by atoms with E-state index in [1.807, 2.05) is 41.8 Å². The van der Waals surface area contributed by atoms with Crippen LogP contribution in [0, 0.1) is 0 Å². The van der Waals surface area contributed by atoms with Gasteiger partial charge >= 0.3 is 0 Å². The molecule has 0 aliphatic carbocycles. The number of carbonyl (C=O) groups is 2. The second kappa shape index (κ2) is 10.2. The van der Waals surface area contributed by atoms with Crippen LogP contribution in [0.25, 0.3) is 11.3 Å². The van der Waals surface area contributed by atoms with Crippen LogP contribution in [-0.4, -0.2) is 36.6 Å². The standard InChI is InChI=1S/C28H25N3O4S/c1-18-28(33)31(16-26(32)29-21-9-11-22(34-2)12-10-21)24-15-20(8-13-25(24)35-18)23-17-36-27(30-23)14-19-6-4-3-5-7-19/h3-13,15,17-18H,14,16H2,1-2H3,(H,29,32). The van der Waals surface area contributed by atoms with Gasteiger partial charge in [-0.15, -0.1) is 11.3 Å². The van der Waals surface area contributed by atoms with Gasteiger partial charge in [0.1, 0.15) is 18.0 Å². The number of amides is 2. The lowest BCUT2D eigenvalue weighted by molar-refractivity contribution is -0.127. The fourth-order valence-corrected chi connectivity index (χ4v) is 4.88. The predicted molar refractivity (Wildman–Crippen MR) is 141 cm³/mol. The molecule has 3 aromatic carbocycles. The molecule has 1 aliphatic heterocycles. The molecule has 0 saturated carbocycles. The molecule has 1 atom stereocenters.